The molecule has 3 nitrogen and oxygen atoms in total. The van der Waals surface area contributed by atoms with Gasteiger partial charge in [0, 0.05) is 29.4 Å². The minimum atomic E-state index is -2.60. The largest absolute Gasteiger partial charge is 0.310 e. The summed E-state index contributed by atoms with van der Waals surface area (Å²) in [5, 5.41) is 2.65. The zero-order valence-corrected chi connectivity index (χ0v) is 11.2. The Balaban J connectivity index is 1.91. The highest BCUT2D eigenvalue weighted by molar-refractivity contribution is 9.10. The van der Waals surface area contributed by atoms with Crippen molar-refractivity contribution >= 4 is 27.7 Å². The molecule has 98 valence electrons. The van der Waals surface area contributed by atoms with Crippen molar-refractivity contribution in [1.82, 2.24) is 4.98 Å². The van der Waals surface area contributed by atoms with Crippen LogP contribution in [0.2, 0.25) is 0 Å². The topological polar surface area (TPSA) is 42.0 Å². The Hall–Kier alpha value is -1.04. The molecule has 1 aromatic rings. The first-order valence-corrected chi connectivity index (χ1v) is 6.56. The Bertz CT molecular complexity index is 426. The van der Waals surface area contributed by atoms with Gasteiger partial charge in [0.05, 0.1) is 0 Å². The molecule has 1 aliphatic carbocycles. The van der Waals surface area contributed by atoms with Crippen LogP contribution in [0.3, 0.4) is 0 Å². The van der Waals surface area contributed by atoms with Gasteiger partial charge in [-0.1, -0.05) is 0 Å². The van der Waals surface area contributed by atoms with Gasteiger partial charge in [-0.25, -0.2) is 13.8 Å². The summed E-state index contributed by atoms with van der Waals surface area (Å²) in [6.45, 7) is 0. The molecule has 6 heteroatoms. The maximum Gasteiger partial charge on any atom is 0.248 e. The second-order valence-corrected chi connectivity index (χ2v) is 5.40. The van der Waals surface area contributed by atoms with Crippen LogP contribution in [0.4, 0.5) is 14.6 Å². The predicted octanol–water partition coefficient (Wildman–Crippen LogP) is 3.61. The zero-order valence-electron chi connectivity index (χ0n) is 9.63. The third-order valence-electron chi connectivity index (χ3n) is 3.07. The molecular formula is C12H13BrF2N2O. The Morgan fingerprint density at radius 3 is 2.61 bits per heavy atom. The molecule has 1 aliphatic rings. The molecule has 18 heavy (non-hydrogen) atoms. The van der Waals surface area contributed by atoms with Crippen LogP contribution in [0.5, 0.6) is 0 Å². The molecule has 1 saturated carbocycles. The van der Waals surface area contributed by atoms with Crippen molar-refractivity contribution in [2.24, 2.45) is 5.92 Å². The first kappa shape index (κ1) is 13.4. The first-order valence-electron chi connectivity index (χ1n) is 5.76. The Morgan fingerprint density at radius 1 is 1.39 bits per heavy atom. The van der Waals surface area contributed by atoms with Crippen LogP contribution in [0.1, 0.15) is 25.7 Å². The highest BCUT2D eigenvalue weighted by atomic mass is 79.9. The average Bonchev–Trinajstić information content (AvgIpc) is 2.32. The molecule has 0 atom stereocenters. The van der Waals surface area contributed by atoms with E-state index in [2.05, 4.69) is 26.2 Å². The van der Waals surface area contributed by atoms with Gasteiger partial charge >= 0.3 is 0 Å². The van der Waals surface area contributed by atoms with E-state index in [9.17, 15) is 13.6 Å². The SMILES string of the molecule is O=C(Nc1ccc(Br)cn1)C1CCC(F)(F)CC1. The molecule has 1 aromatic heterocycles. The zero-order chi connectivity index (χ0) is 13.2. The molecule has 0 aromatic carbocycles. The van der Waals surface area contributed by atoms with E-state index >= 15 is 0 Å². The van der Waals surface area contributed by atoms with Crippen LogP contribution in [0, 0.1) is 5.92 Å². The van der Waals surface area contributed by atoms with Gasteiger partial charge in [-0.2, -0.15) is 0 Å². The maximum atomic E-state index is 13.0. The van der Waals surface area contributed by atoms with Gasteiger partial charge in [0.15, 0.2) is 0 Å². The van der Waals surface area contributed by atoms with Gasteiger partial charge < -0.3 is 5.32 Å². The number of pyridine rings is 1. The molecule has 1 fully saturated rings. The first-order chi connectivity index (χ1) is 8.46. The molecule has 1 amide bonds. The van der Waals surface area contributed by atoms with Gasteiger partial charge in [-0.05, 0) is 40.9 Å². The molecule has 0 radical (unpaired) electrons. The Morgan fingerprint density at radius 2 is 2.06 bits per heavy atom. The normalized spacial score (nSPS) is 19.5. The van der Waals surface area contributed by atoms with Crippen molar-refractivity contribution in [3.05, 3.63) is 22.8 Å². The number of nitrogens with zero attached hydrogens (tertiary/aromatic N) is 1. The Labute approximate surface area is 112 Å². The molecular weight excluding hydrogens is 306 g/mol. The summed E-state index contributed by atoms with van der Waals surface area (Å²) in [4.78, 5) is 15.9. The molecule has 0 bridgehead atoms. The highest BCUT2D eigenvalue weighted by Gasteiger charge is 2.37. The van der Waals surface area contributed by atoms with Gasteiger partial charge in [0.2, 0.25) is 11.8 Å². The molecule has 1 heterocycles. The summed E-state index contributed by atoms with van der Waals surface area (Å²) >= 11 is 3.24. The van der Waals surface area contributed by atoms with E-state index in [4.69, 9.17) is 0 Å². The lowest BCUT2D eigenvalue weighted by atomic mass is 9.86. The van der Waals surface area contributed by atoms with E-state index in [1.807, 2.05) is 0 Å². The minimum absolute atomic E-state index is 0.209. The number of rotatable bonds is 2. The van der Waals surface area contributed by atoms with Crippen LogP contribution in [-0.2, 0) is 4.79 Å². The van der Waals surface area contributed by atoms with Crippen molar-refractivity contribution in [3.8, 4) is 0 Å². The second-order valence-electron chi connectivity index (χ2n) is 4.48. The lowest BCUT2D eigenvalue weighted by Crippen LogP contribution is -2.31. The Kier molecular flexibility index (Phi) is 3.94. The molecule has 1 N–H and O–H groups in total. The van der Waals surface area contributed by atoms with Crippen molar-refractivity contribution in [3.63, 3.8) is 0 Å². The summed E-state index contributed by atoms with van der Waals surface area (Å²) in [5.41, 5.74) is 0. The van der Waals surface area contributed by atoms with E-state index in [0.717, 1.165) is 4.47 Å². The highest BCUT2D eigenvalue weighted by Crippen LogP contribution is 2.36. The van der Waals surface area contributed by atoms with Gasteiger partial charge in [-0.3, -0.25) is 4.79 Å². The predicted molar refractivity (Wildman–Crippen MR) is 67.5 cm³/mol. The minimum Gasteiger partial charge on any atom is -0.310 e. The number of nitrogens with one attached hydrogen (secondary N) is 1. The molecule has 0 saturated heterocycles. The van der Waals surface area contributed by atoms with Crippen molar-refractivity contribution < 1.29 is 13.6 Å². The number of halogens is 3. The fourth-order valence-corrected chi connectivity index (χ4v) is 2.21. The smallest absolute Gasteiger partial charge is 0.248 e. The summed E-state index contributed by atoms with van der Waals surface area (Å²) in [6, 6.07) is 3.43. The van der Waals surface area contributed by atoms with Gasteiger partial charge in [0.1, 0.15) is 5.82 Å². The molecule has 0 unspecified atom stereocenters. The fraction of sp³-hybridized carbons (Fsp3) is 0.500. The van der Waals surface area contributed by atoms with Crippen molar-refractivity contribution in [2.45, 2.75) is 31.6 Å². The van der Waals surface area contributed by atoms with Crippen molar-refractivity contribution in [1.29, 1.82) is 0 Å². The number of anilines is 1. The quantitative estimate of drug-likeness (QED) is 0.905. The number of aromatic nitrogens is 1. The van der Waals surface area contributed by atoms with E-state index in [0.29, 0.717) is 5.82 Å². The van der Waals surface area contributed by atoms with Crippen LogP contribution >= 0.6 is 15.9 Å². The van der Waals surface area contributed by atoms with Crippen LogP contribution < -0.4 is 5.32 Å². The van der Waals surface area contributed by atoms with E-state index in [-0.39, 0.29) is 37.5 Å². The standard InChI is InChI=1S/C12H13BrF2N2O/c13-9-1-2-10(16-7-9)17-11(18)8-3-5-12(14,15)6-4-8/h1-2,7-8H,3-6H2,(H,16,17,18). The number of amides is 1. The second kappa shape index (κ2) is 5.30. The summed E-state index contributed by atoms with van der Waals surface area (Å²) < 4.78 is 26.7. The number of carbonyl (C=O) groups is 1. The van der Waals surface area contributed by atoms with Crippen LogP contribution in [-0.4, -0.2) is 16.8 Å². The number of hydrogen-bond acceptors (Lipinski definition) is 2. The fourth-order valence-electron chi connectivity index (χ4n) is 1.98. The third-order valence-corrected chi connectivity index (χ3v) is 3.54. The van der Waals surface area contributed by atoms with Gasteiger partial charge in [-0.15, -0.1) is 0 Å². The summed E-state index contributed by atoms with van der Waals surface area (Å²) in [5.74, 6) is -2.72. The summed E-state index contributed by atoms with van der Waals surface area (Å²) in [6.07, 6.45) is 1.62. The summed E-state index contributed by atoms with van der Waals surface area (Å²) in [7, 11) is 0. The molecule has 0 spiro atoms. The van der Waals surface area contributed by atoms with E-state index < -0.39 is 5.92 Å². The monoisotopic (exact) mass is 318 g/mol. The van der Waals surface area contributed by atoms with Crippen molar-refractivity contribution in [2.75, 3.05) is 5.32 Å². The number of carbonyl (C=O) groups excluding carboxylic acids is 1. The maximum absolute atomic E-state index is 13.0. The third kappa shape index (κ3) is 3.48. The number of alkyl halides is 2. The van der Waals surface area contributed by atoms with Gasteiger partial charge in [0.25, 0.3) is 0 Å². The van der Waals surface area contributed by atoms with Crippen LogP contribution in [0.15, 0.2) is 22.8 Å². The lowest BCUT2D eigenvalue weighted by molar-refractivity contribution is -0.124. The van der Waals surface area contributed by atoms with E-state index in [1.54, 1.807) is 18.3 Å². The molecule has 2 rings (SSSR count). The van der Waals surface area contributed by atoms with Crippen LogP contribution in [0.25, 0.3) is 0 Å². The molecule has 0 aliphatic heterocycles. The number of hydrogen-bond donors (Lipinski definition) is 1. The average molecular weight is 319 g/mol. The lowest BCUT2D eigenvalue weighted by Gasteiger charge is -2.27. The van der Waals surface area contributed by atoms with E-state index in [1.165, 1.54) is 0 Å².